The Morgan fingerprint density at radius 1 is 1.14 bits per heavy atom. The Kier molecular flexibility index (Phi) is 3.84. The van der Waals surface area contributed by atoms with E-state index in [0.29, 0.717) is 11.5 Å². The van der Waals surface area contributed by atoms with Gasteiger partial charge in [-0.1, -0.05) is 18.2 Å². The zero-order valence-corrected chi connectivity index (χ0v) is 12.1. The van der Waals surface area contributed by atoms with Gasteiger partial charge in [-0.3, -0.25) is 0 Å². The maximum Gasteiger partial charge on any atom is 0.142 e. The van der Waals surface area contributed by atoms with E-state index in [1.165, 1.54) is 0 Å². The van der Waals surface area contributed by atoms with Crippen LogP contribution in [-0.2, 0) is 0 Å². The highest BCUT2D eigenvalue weighted by Crippen LogP contribution is 2.19. The minimum absolute atomic E-state index is 0.0908. The summed E-state index contributed by atoms with van der Waals surface area (Å²) in [6.07, 6.45) is 3.67. The molecule has 5 heteroatoms. The smallest absolute Gasteiger partial charge is 0.142 e. The molecule has 3 aromatic rings. The van der Waals surface area contributed by atoms with E-state index in [9.17, 15) is 0 Å². The van der Waals surface area contributed by atoms with Crippen molar-refractivity contribution in [2.24, 2.45) is 0 Å². The Morgan fingerprint density at radius 3 is 2.64 bits per heavy atom. The monoisotopic (exact) mass is 289 g/mol. The van der Waals surface area contributed by atoms with E-state index < -0.39 is 0 Å². The van der Waals surface area contributed by atoms with Gasteiger partial charge in [0, 0.05) is 18.4 Å². The van der Waals surface area contributed by atoms with Crippen LogP contribution in [0.2, 0.25) is 0 Å². The highest BCUT2D eigenvalue weighted by atomic mass is 15.3. The fraction of sp³-hybridized carbons (Fsp3) is 0.118. The lowest BCUT2D eigenvalue weighted by molar-refractivity contribution is 0.858. The second-order valence-electron chi connectivity index (χ2n) is 4.93. The third-order valence-corrected chi connectivity index (χ3v) is 3.39. The summed E-state index contributed by atoms with van der Waals surface area (Å²) in [5, 5.41) is 16.4. The Morgan fingerprint density at radius 2 is 1.95 bits per heavy atom. The van der Waals surface area contributed by atoms with Crippen LogP contribution in [0.3, 0.4) is 0 Å². The first-order chi connectivity index (χ1) is 10.8. The summed E-state index contributed by atoms with van der Waals surface area (Å²) in [7, 11) is 0. The van der Waals surface area contributed by atoms with Crippen molar-refractivity contribution in [2.45, 2.75) is 13.0 Å². The van der Waals surface area contributed by atoms with Gasteiger partial charge in [0.1, 0.15) is 17.6 Å². The van der Waals surface area contributed by atoms with Gasteiger partial charge in [0.05, 0.1) is 5.69 Å². The van der Waals surface area contributed by atoms with Gasteiger partial charge in [0.2, 0.25) is 0 Å². The van der Waals surface area contributed by atoms with Gasteiger partial charge < -0.3 is 5.32 Å². The van der Waals surface area contributed by atoms with E-state index in [4.69, 9.17) is 5.26 Å². The van der Waals surface area contributed by atoms with Crippen LogP contribution < -0.4 is 5.32 Å². The predicted octanol–water partition coefficient (Wildman–Crippen LogP) is 3.31. The summed E-state index contributed by atoms with van der Waals surface area (Å²) >= 11 is 0. The number of hydrogen-bond acceptors (Lipinski definition) is 4. The Balaban J connectivity index is 1.75. The van der Waals surface area contributed by atoms with Crippen LogP contribution in [0.4, 0.5) is 5.82 Å². The molecular weight excluding hydrogens is 274 g/mol. The topological polar surface area (TPSA) is 66.5 Å². The number of nitrogens with one attached hydrogen (secondary N) is 1. The van der Waals surface area contributed by atoms with Gasteiger partial charge in [-0.05, 0) is 42.8 Å². The molecule has 0 spiro atoms. The highest BCUT2D eigenvalue weighted by Gasteiger charge is 2.07. The molecule has 0 aliphatic heterocycles. The normalized spacial score (nSPS) is 11.6. The van der Waals surface area contributed by atoms with Gasteiger partial charge in [-0.25, -0.2) is 9.67 Å². The van der Waals surface area contributed by atoms with E-state index in [2.05, 4.69) is 34.5 Å². The highest BCUT2D eigenvalue weighted by molar-refractivity contribution is 5.42. The van der Waals surface area contributed by atoms with Crippen LogP contribution in [-0.4, -0.2) is 14.8 Å². The summed E-state index contributed by atoms with van der Waals surface area (Å²) in [5.74, 6) is 0.697. The largest absolute Gasteiger partial charge is 0.364 e. The first-order valence-corrected chi connectivity index (χ1v) is 7.00. The fourth-order valence-electron chi connectivity index (χ4n) is 2.22. The number of anilines is 1. The molecule has 0 saturated heterocycles. The molecule has 1 unspecified atom stereocenters. The molecule has 5 nitrogen and oxygen atoms in total. The molecule has 0 aliphatic rings. The summed E-state index contributed by atoms with van der Waals surface area (Å²) in [6, 6.07) is 17.6. The number of benzene rings is 1. The minimum atomic E-state index is 0.0908. The summed E-state index contributed by atoms with van der Waals surface area (Å²) < 4.78 is 1.82. The fourth-order valence-corrected chi connectivity index (χ4v) is 2.22. The van der Waals surface area contributed by atoms with Crippen LogP contribution >= 0.6 is 0 Å². The van der Waals surface area contributed by atoms with Crippen LogP contribution in [0.5, 0.6) is 0 Å². The molecule has 1 N–H and O–H groups in total. The molecule has 22 heavy (non-hydrogen) atoms. The number of nitriles is 1. The van der Waals surface area contributed by atoms with Crippen LogP contribution in [0.25, 0.3) is 5.69 Å². The van der Waals surface area contributed by atoms with Crippen LogP contribution in [0, 0.1) is 11.3 Å². The molecule has 3 rings (SSSR count). The summed E-state index contributed by atoms with van der Waals surface area (Å²) in [6.45, 7) is 2.06. The molecule has 2 aromatic heterocycles. The maximum absolute atomic E-state index is 8.89. The van der Waals surface area contributed by atoms with Crippen molar-refractivity contribution in [2.75, 3.05) is 5.32 Å². The standard InChI is InChI=1S/C17H15N5/c1-13(20-17-5-2-4-15(12-18)21-17)14-6-8-16(9-7-14)22-11-3-10-19-22/h2-11,13H,1H3,(H,20,21). The first-order valence-electron chi connectivity index (χ1n) is 7.00. The summed E-state index contributed by atoms with van der Waals surface area (Å²) in [5.41, 5.74) is 2.57. The van der Waals surface area contributed by atoms with Crippen LogP contribution in [0.15, 0.2) is 60.9 Å². The Bertz CT molecular complexity index is 785. The van der Waals surface area contributed by atoms with E-state index in [1.807, 2.05) is 47.3 Å². The van der Waals surface area contributed by atoms with Crippen molar-refractivity contribution < 1.29 is 0 Å². The summed E-state index contributed by atoms with van der Waals surface area (Å²) in [4.78, 5) is 4.23. The average molecular weight is 289 g/mol. The lowest BCUT2D eigenvalue weighted by Gasteiger charge is -2.15. The van der Waals surface area contributed by atoms with Crippen molar-refractivity contribution >= 4 is 5.82 Å². The third-order valence-electron chi connectivity index (χ3n) is 3.39. The van der Waals surface area contributed by atoms with E-state index in [0.717, 1.165) is 11.3 Å². The van der Waals surface area contributed by atoms with Gasteiger partial charge in [-0.15, -0.1) is 0 Å². The number of rotatable bonds is 4. The Labute approximate surface area is 128 Å². The van der Waals surface area contributed by atoms with Crippen molar-refractivity contribution in [3.05, 3.63) is 72.2 Å². The second kappa shape index (κ2) is 6.10. The molecule has 0 saturated carbocycles. The molecule has 108 valence electrons. The van der Waals surface area contributed by atoms with Crippen molar-refractivity contribution in [1.82, 2.24) is 14.8 Å². The first kappa shape index (κ1) is 13.8. The average Bonchev–Trinajstić information content (AvgIpc) is 3.09. The van der Waals surface area contributed by atoms with Crippen LogP contribution in [0.1, 0.15) is 24.2 Å². The number of hydrogen-bond donors (Lipinski definition) is 1. The molecule has 0 amide bonds. The predicted molar refractivity (Wildman–Crippen MR) is 84.6 cm³/mol. The van der Waals surface area contributed by atoms with Gasteiger partial charge >= 0.3 is 0 Å². The van der Waals surface area contributed by atoms with Gasteiger partial charge in [-0.2, -0.15) is 10.4 Å². The molecule has 2 heterocycles. The zero-order valence-electron chi connectivity index (χ0n) is 12.1. The van der Waals surface area contributed by atoms with E-state index in [1.54, 1.807) is 12.3 Å². The maximum atomic E-state index is 8.89. The molecule has 0 bridgehead atoms. The number of pyridine rings is 1. The molecule has 0 radical (unpaired) electrons. The SMILES string of the molecule is CC(Nc1cccc(C#N)n1)c1ccc(-n2cccn2)cc1. The molecule has 0 fully saturated rings. The lowest BCUT2D eigenvalue weighted by Crippen LogP contribution is -2.08. The second-order valence-corrected chi connectivity index (χ2v) is 4.93. The zero-order chi connectivity index (χ0) is 15.4. The molecular formula is C17H15N5. The van der Waals surface area contributed by atoms with Crippen molar-refractivity contribution in [3.8, 4) is 11.8 Å². The van der Waals surface area contributed by atoms with E-state index in [-0.39, 0.29) is 6.04 Å². The van der Waals surface area contributed by atoms with Gasteiger partial charge in [0.25, 0.3) is 0 Å². The number of aromatic nitrogens is 3. The minimum Gasteiger partial charge on any atom is -0.364 e. The molecule has 1 atom stereocenters. The van der Waals surface area contributed by atoms with E-state index >= 15 is 0 Å². The molecule has 1 aromatic carbocycles. The quantitative estimate of drug-likeness (QED) is 0.800. The molecule has 0 aliphatic carbocycles. The lowest BCUT2D eigenvalue weighted by atomic mass is 10.1. The van der Waals surface area contributed by atoms with Gasteiger partial charge in [0.15, 0.2) is 0 Å². The van der Waals surface area contributed by atoms with Crippen molar-refractivity contribution in [1.29, 1.82) is 5.26 Å². The number of nitrogens with zero attached hydrogens (tertiary/aromatic N) is 4. The van der Waals surface area contributed by atoms with Crippen molar-refractivity contribution in [3.63, 3.8) is 0 Å². The third kappa shape index (κ3) is 2.96. The Hall–Kier alpha value is -3.13.